The lowest BCUT2D eigenvalue weighted by atomic mass is 10.1. The van der Waals surface area contributed by atoms with Crippen molar-refractivity contribution < 1.29 is 23.8 Å². The lowest BCUT2D eigenvalue weighted by Gasteiger charge is -2.41. The molecule has 2 aliphatic heterocycles. The summed E-state index contributed by atoms with van der Waals surface area (Å²) in [5, 5.41) is 0. The van der Waals surface area contributed by atoms with Gasteiger partial charge in [0.25, 0.3) is 0 Å². The third-order valence-corrected chi connectivity index (χ3v) is 4.99. The number of ether oxygens (including phenoxy) is 3. The smallest absolute Gasteiger partial charge is 0.410 e. The van der Waals surface area contributed by atoms with Crippen molar-refractivity contribution in [2.24, 2.45) is 0 Å². The normalized spacial score (nSPS) is 20.6. The number of rotatable bonds is 6. The summed E-state index contributed by atoms with van der Waals surface area (Å²) in [5.74, 6) is 0.951. The SMILES string of the molecule is CCCN1C(=O)Oc2ccccc2[C@H]1O[C@@H]1c2ccccc2OC(=O)N1CCC. The van der Waals surface area contributed by atoms with E-state index in [0.717, 1.165) is 24.0 Å². The minimum atomic E-state index is -0.671. The average molecular weight is 396 g/mol. The van der Waals surface area contributed by atoms with Crippen LogP contribution in [-0.2, 0) is 4.74 Å². The summed E-state index contributed by atoms with van der Waals surface area (Å²) in [5.41, 5.74) is 1.52. The highest BCUT2D eigenvalue weighted by Crippen LogP contribution is 2.43. The topological polar surface area (TPSA) is 68.3 Å². The van der Waals surface area contributed by atoms with Crippen LogP contribution in [0, 0.1) is 0 Å². The van der Waals surface area contributed by atoms with E-state index in [1.165, 1.54) is 0 Å². The van der Waals surface area contributed by atoms with E-state index in [2.05, 4.69) is 0 Å². The number of para-hydroxylation sites is 2. The molecular formula is C22H24N2O5. The van der Waals surface area contributed by atoms with Gasteiger partial charge in [-0.2, -0.15) is 0 Å². The third kappa shape index (κ3) is 3.53. The molecule has 7 heteroatoms. The number of hydrogen-bond donors (Lipinski definition) is 0. The maximum atomic E-state index is 12.6. The van der Waals surface area contributed by atoms with Gasteiger partial charge in [-0.05, 0) is 25.0 Å². The van der Waals surface area contributed by atoms with Crippen molar-refractivity contribution in [2.75, 3.05) is 13.1 Å². The molecule has 0 bridgehead atoms. The van der Waals surface area contributed by atoms with Gasteiger partial charge < -0.3 is 14.2 Å². The molecule has 0 N–H and O–H groups in total. The second-order valence-corrected chi connectivity index (χ2v) is 7.04. The lowest BCUT2D eigenvalue weighted by Crippen LogP contribution is -2.47. The van der Waals surface area contributed by atoms with Gasteiger partial charge in [0, 0.05) is 24.2 Å². The predicted octanol–water partition coefficient (Wildman–Crippen LogP) is 4.85. The number of fused-ring (bicyclic) bond motifs is 2. The fraction of sp³-hybridized carbons (Fsp3) is 0.364. The van der Waals surface area contributed by atoms with Crippen LogP contribution in [0.15, 0.2) is 48.5 Å². The summed E-state index contributed by atoms with van der Waals surface area (Å²) < 4.78 is 17.5. The molecule has 0 aliphatic carbocycles. The number of nitrogens with zero attached hydrogens (tertiary/aromatic N) is 2. The zero-order valence-corrected chi connectivity index (χ0v) is 16.5. The number of benzene rings is 2. The lowest BCUT2D eigenvalue weighted by molar-refractivity contribution is -0.151. The second-order valence-electron chi connectivity index (χ2n) is 7.04. The minimum Gasteiger partial charge on any atom is -0.410 e. The molecule has 29 heavy (non-hydrogen) atoms. The minimum absolute atomic E-state index is 0.454. The Bertz CT molecular complexity index is 842. The molecule has 4 rings (SSSR count). The molecule has 2 atom stereocenters. The Morgan fingerprint density at radius 1 is 0.759 bits per heavy atom. The molecule has 0 radical (unpaired) electrons. The maximum Gasteiger partial charge on any atom is 0.417 e. The molecule has 2 aromatic carbocycles. The van der Waals surface area contributed by atoms with Gasteiger partial charge in [0.1, 0.15) is 11.5 Å². The highest BCUT2D eigenvalue weighted by Gasteiger charge is 2.41. The molecule has 0 aromatic heterocycles. The van der Waals surface area contributed by atoms with Gasteiger partial charge in [0.15, 0.2) is 12.5 Å². The first-order chi connectivity index (χ1) is 14.1. The zero-order chi connectivity index (χ0) is 20.4. The van der Waals surface area contributed by atoms with Crippen molar-refractivity contribution in [1.29, 1.82) is 0 Å². The van der Waals surface area contributed by atoms with Crippen molar-refractivity contribution in [3.05, 3.63) is 59.7 Å². The van der Waals surface area contributed by atoms with Crippen LogP contribution in [0.4, 0.5) is 9.59 Å². The maximum absolute atomic E-state index is 12.6. The van der Waals surface area contributed by atoms with E-state index in [-0.39, 0.29) is 0 Å². The number of carbonyl (C=O) groups excluding carboxylic acids is 2. The monoisotopic (exact) mass is 396 g/mol. The highest BCUT2D eigenvalue weighted by molar-refractivity contribution is 5.75. The van der Waals surface area contributed by atoms with E-state index < -0.39 is 24.6 Å². The third-order valence-electron chi connectivity index (χ3n) is 4.99. The quantitative estimate of drug-likeness (QED) is 0.698. The Hall–Kier alpha value is -3.06. The van der Waals surface area contributed by atoms with Crippen LogP contribution < -0.4 is 9.47 Å². The van der Waals surface area contributed by atoms with Crippen LogP contribution in [0.25, 0.3) is 0 Å². The van der Waals surface area contributed by atoms with Gasteiger partial charge in [0.05, 0.1) is 0 Å². The Kier molecular flexibility index (Phi) is 5.40. The van der Waals surface area contributed by atoms with Gasteiger partial charge in [-0.25, -0.2) is 9.59 Å². The van der Waals surface area contributed by atoms with E-state index in [1.54, 1.807) is 21.9 Å². The average Bonchev–Trinajstić information content (AvgIpc) is 2.72. The number of hydrogen-bond acceptors (Lipinski definition) is 5. The van der Waals surface area contributed by atoms with Gasteiger partial charge >= 0.3 is 12.2 Å². The number of carbonyl (C=O) groups is 2. The van der Waals surface area contributed by atoms with Crippen LogP contribution in [0.5, 0.6) is 11.5 Å². The van der Waals surface area contributed by atoms with Gasteiger partial charge in [0.2, 0.25) is 0 Å². The molecular weight excluding hydrogens is 372 g/mol. The Morgan fingerprint density at radius 3 is 1.59 bits per heavy atom. The molecule has 2 aromatic rings. The van der Waals surface area contributed by atoms with Crippen molar-refractivity contribution in [1.82, 2.24) is 9.80 Å². The Balaban J connectivity index is 1.76. The predicted molar refractivity (Wildman–Crippen MR) is 105 cm³/mol. The summed E-state index contributed by atoms with van der Waals surface area (Å²) in [6.45, 7) is 4.93. The summed E-state index contributed by atoms with van der Waals surface area (Å²) in [7, 11) is 0. The van der Waals surface area contributed by atoms with Crippen LogP contribution in [-0.4, -0.2) is 35.1 Å². The highest BCUT2D eigenvalue weighted by atomic mass is 16.6. The first kappa shape index (κ1) is 19.3. The molecule has 7 nitrogen and oxygen atoms in total. The summed E-state index contributed by atoms with van der Waals surface area (Å²) in [6.07, 6.45) is -0.752. The van der Waals surface area contributed by atoms with Crippen molar-refractivity contribution in [3.8, 4) is 11.5 Å². The molecule has 2 aliphatic rings. The number of amides is 2. The fourth-order valence-electron chi connectivity index (χ4n) is 3.70. The molecule has 0 saturated carbocycles. The molecule has 152 valence electrons. The molecule has 0 unspecified atom stereocenters. The zero-order valence-electron chi connectivity index (χ0n) is 16.5. The first-order valence-electron chi connectivity index (χ1n) is 9.94. The van der Waals surface area contributed by atoms with Crippen LogP contribution >= 0.6 is 0 Å². The van der Waals surface area contributed by atoms with Crippen molar-refractivity contribution >= 4 is 12.2 Å². The first-order valence-corrected chi connectivity index (χ1v) is 9.94. The van der Waals surface area contributed by atoms with E-state index in [9.17, 15) is 9.59 Å². The van der Waals surface area contributed by atoms with Crippen LogP contribution in [0.1, 0.15) is 50.3 Å². The molecule has 2 heterocycles. The summed E-state index contributed by atoms with van der Waals surface area (Å²) in [4.78, 5) is 28.4. The molecule has 0 saturated heterocycles. The standard InChI is InChI=1S/C22H24N2O5/c1-3-13-23-19(15-9-5-7-11-17(15)27-21(23)25)29-20-16-10-6-8-12-18(16)28-22(26)24(20)14-4-2/h5-12,19-20H,3-4,13-14H2,1-2H3/t19-,20-/m1/s1. The van der Waals surface area contributed by atoms with Gasteiger partial charge in [-0.15, -0.1) is 0 Å². The van der Waals surface area contributed by atoms with Crippen LogP contribution in [0.2, 0.25) is 0 Å². The van der Waals surface area contributed by atoms with E-state index in [1.807, 2.05) is 50.2 Å². The molecule has 2 amide bonds. The molecule has 0 spiro atoms. The van der Waals surface area contributed by atoms with E-state index >= 15 is 0 Å². The van der Waals surface area contributed by atoms with Gasteiger partial charge in [-0.1, -0.05) is 50.2 Å². The Labute approximate surface area is 169 Å². The van der Waals surface area contributed by atoms with Crippen LogP contribution in [0.3, 0.4) is 0 Å². The molecule has 0 fully saturated rings. The fourth-order valence-corrected chi connectivity index (χ4v) is 3.70. The van der Waals surface area contributed by atoms with Gasteiger partial charge in [-0.3, -0.25) is 9.80 Å². The van der Waals surface area contributed by atoms with E-state index in [0.29, 0.717) is 24.6 Å². The largest absolute Gasteiger partial charge is 0.417 e. The van der Waals surface area contributed by atoms with Crippen molar-refractivity contribution in [3.63, 3.8) is 0 Å². The second kappa shape index (κ2) is 8.13. The Morgan fingerprint density at radius 2 is 1.17 bits per heavy atom. The van der Waals surface area contributed by atoms with Crippen molar-refractivity contribution in [2.45, 2.75) is 39.1 Å². The summed E-state index contributed by atoms with van der Waals surface area (Å²) >= 11 is 0. The summed E-state index contributed by atoms with van der Waals surface area (Å²) in [6, 6.07) is 14.7. The van der Waals surface area contributed by atoms with E-state index in [4.69, 9.17) is 14.2 Å².